The average Bonchev–Trinajstić information content (AvgIpc) is 2.82. The summed E-state index contributed by atoms with van der Waals surface area (Å²) in [4.78, 5) is 27.3. The van der Waals surface area contributed by atoms with E-state index in [2.05, 4.69) is 5.32 Å². The lowest BCUT2D eigenvalue weighted by molar-refractivity contribution is -0.140. The van der Waals surface area contributed by atoms with Gasteiger partial charge in [0.05, 0.1) is 11.9 Å². The molecule has 0 aliphatic carbocycles. The fraction of sp³-hybridized carbons (Fsp3) is 0.481. The highest BCUT2D eigenvalue weighted by molar-refractivity contribution is 7.92. The molecule has 0 aliphatic heterocycles. The highest BCUT2D eigenvalue weighted by atomic mass is 32.2. The number of carbonyl (C=O) groups excluding carboxylic acids is 2. The summed E-state index contributed by atoms with van der Waals surface area (Å²) in [6, 6.07) is 10.8. The number of unbranched alkanes of at least 4 members (excludes halogenated alkanes) is 1. The predicted octanol–water partition coefficient (Wildman–Crippen LogP) is 4.32. The second-order valence-corrected chi connectivity index (χ2v) is 11.0. The minimum atomic E-state index is -3.57. The molecule has 2 aromatic rings. The average molecular weight is 520 g/mol. The van der Waals surface area contributed by atoms with Gasteiger partial charge in [-0.05, 0) is 62.9 Å². The quantitative estimate of drug-likeness (QED) is 0.399. The molecule has 0 saturated heterocycles. The predicted molar refractivity (Wildman–Crippen MR) is 142 cm³/mol. The number of sulfonamides is 1. The van der Waals surface area contributed by atoms with E-state index in [0.29, 0.717) is 17.8 Å². The molecule has 1 N–H and O–H groups in total. The fourth-order valence-corrected chi connectivity index (χ4v) is 4.77. The number of nitrogens with zero attached hydrogens (tertiary/aromatic N) is 2. The van der Waals surface area contributed by atoms with Crippen molar-refractivity contribution in [2.75, 3.05) is 23.7 Å². The highest BCUT2D eigenvalue weighted by Gasteiger charge is 2.27. The number of anilines is 1. The number of nitrogens with one attached hydrogen (secondary N) is 1. The zero-order chi connectivity index (χ0) is 26.9. The van der Waals surface area contributed by atoms with Gasteiger partial charge >= 0.3 is 0 Å². The minimum absolute atomic E-state index is 0.0118. The van der Waals surface area contributed by atoms with Crippen LogP contribution in [0.25, 0.3) is 0 Å². The first-order chi connectivity index (χ1) is 17.0. The second kappa shape index (κ2) is 13.4. The summed E-state index contributed by atoms with van der Waals surface area (Å²) < 4.78 is 40.6. The van der Waals surface area contributed by atoms with Gasteiger partial charge in [-0.1, -0.05) is 37.6 Å². The van der Waals surface area contributed by atoms with E-state index in [9.17, 15) is 22.4 Å². The van der Waals surface area contributed by atoms with Crippen molar-refractivity contribution in [3.63, 3.8) is 0 Å². The number of aryl methyl sites for hydroxylation is 2. The van der Waals surface area contributed by atoms with Crippen LogP contribution in [-0.4, -0.2) is 50.5 Å². The SMILES string of the molecule is CCCCNC(=O)[C@H](C)N(Cc1ccccc1F)C(=O)CCCN(c1ccc(C)c(C)c1)S(C)(=O)=O. The fourth-order valence-electron chi connectivity index (χ4n) is 3.81. The van der Waals surface area contributed by atoms with Gasteiger partial charge < -0.3 is 10.2 Å². The zero-order valence-electron chi connectivity index (χ0n) is 21.9. The van der Waals surface area contributed by atoms with Crippen molar-refractivity contribution in [1.29, 1.82) is 0 Å². The Bertz CT molecular complexity index is 1150. The maximum Gasteiger partial charge on any atom is 0.242 e. The third-order valence-corrected chi connectivity index (χ3v) is 7.42. The van der Waals surface area contributed by atoms with Crippen LogP contribution < -0.4 is 9.62 Å². The Morgan fingerprint density at radius 1 is 1.06 bits per heavy atom. The lowest BCUT2D eigenvalue weighted by Gasteiger charge is -2.29. The van der Waals surface area contributed by atoms with Crippen molar-refractivity contribution in [2.45, 2.75) is 66.0 Å². The van der Waals surface area contributed by atoms with Gasteiger partial charge in [-0.2, -0.15) is 0 Å². The molecule has 0 saturated carbocycles. The molecule has 0 aliphatic rings. The first kappa shape index (κ1) is 29.3. The molecule has 9 heteroatoms. The van der Waals surface area contributed by atoms with Crippen molar-refractivity contribution in [3.8, 4) is 0 Å². The molecular weight excluding hydrogens is 481 g/mol. The van der Waals surface area contributed by atoms with Gasteiger partial charge in [0.15, 0.2) is 0 Å². The summed E-state index contributed by atoms with van der Waals surface area (Å²) >= 11 is 0. The Labute approximate surface area is 214 Å². The summed E-state index contributed by atoms with van der Waals surface area (Å²) in [5.74, 6) is -1.10. The Hall–Kier alpha value is -2.94. The molecular formula is C27H38FN3O4S. The summed E-state index contributed by atoms with van der Waals surface area (Å²) in [6.45, 7) is 8.06. The van der Waals surface area contributed by atoms with Gasteiger partial charge in [0.25, 0.3) is 0 Å². The van der Waals surface area contributed by atoms with E-state index in [4.69, 9.17) is 0 Å². The molecule has 36 heavy (non-hydrogen) atoms. The molecule has 7 nitrogen and oxygen atoms in total. The normalized spacial score (nSPS) is 12.2. The largest absolute Gasteiger partial charge is 0.354 e. The summed E-state index contributed by atoms with van der Waals surface area (Å²) in [5, 5.41) is 2.83. The van der Waals surface area contributed by atoms with Crippen LogP contribution in [0, 0.1) is 19.7 Å². The molecule has 1 atom stereocenters. The van der Waals surface area contributed by atoms with Crippen molar-refractivity contribution in [3.05, 3.63) is 65.0 Å². The van der Waals surface area contributed by atoms with Crippen LogP contribution in [0.4, 0.5) is 10.1 Å². The lowest BCUT2D eigenvalue weighted by atomic mass is 10.1. The maximum absolute atomic E-state index is 14.4. The van der Waals surface area contributed by atoms with Gasteiger partial charge in [-0.25, -0.2) is 12.8 Å². The lowest BCUT2D eigenvalue weighted by Crippen LogP contribution is -2.48. The highest BCUT2D eigenvalue weighted by Crippen LogP contribution is 2.22. The molecule has 0 radical (unpaired) electrons. The van der Waals surface area contributed by atoms with Crippen molar-refractivity contribution < 1.29 is 22.4 Å². The molecule has 0 bridgehead atoms. The van der Waals surface area contributed by atoms with E-state index < -0.39 is 21.9 Å². The molecule has 2 amide bonds. The van der Waals surface area contributed by atoms with Crippen LogP contribution >= 0.6 is 0 Å². The number of carbonyl (C=O) groups is 2. The van der Waals surface area contributed by atoms with Gasteiger partial charge in [0.2, 0.25) is 21.8 Å². The Balaban J connectivity index is 2.17. The standard InChI is InChI=1S/C27H38FN3O4S/c1-6-7-16-29-27(33)22(4)30(19-23-11-8-9-12-25(23)28)26(32)13-10-17-31(36(5,34)35)24-15-14-20(2)21(3)18-24/h8-9,11-12,14-15,18,22H,6-7,10,13,16-17,19H2,1-5H3,(H,29,33)/t22-/m0/s1. The third-order valence-electron chi connectivity index (χ3n) is 6.23. The first-order valence-electron chi connectivity index (χ1n) is 12.3. The molecule has 2 rings (SSSR count). The molecule has 0 unspecified atom stereocenters. The van der Waals surface area contributed by atoms with E-state index in [0.717, 1.165) is 30.2 Å². The van der Waals surface area contributed by atoms with Crippen LogP contribution in [0.3, 0.4) is 0 Å². The minimum Gasteiger partial charge on any atom is -0.354 e. The molecule has 198 valence electrons. The number of halogens is 1. The van der Waals surface area contributed by atoms with Gasteiger partial charge in [0, 0.05) is 31.6 Å². The van der Waals surface area contributed by atoms with Crippen molar-refractivity contribution >= 4 is 27.5 Å². The molecule has 0 fully saturated rings. The number of hydrogen-bond donors (Lipinski definition) is 1. The maximum atomic E-state index is 14.4. The topological polar surface area (TPSA) is 86.8 Å². The smallest absolute Gasteiger partial charge is 0.242 e. The molecule has 0 aromatic heterocycles. The van der Waals surface area contributed by atoms with E-state index in [1.54, 1.807) is 31.2 Å². The van der Waals surface area contributed by atoms with E-state index in [-0.39, 0.29) is 37.7 Å². The van der Waals surface area contributed by atoms with Crippen LogP contribution in [0.2, 0.25) is 0 Å². The summed E-state index contributed by atoms with van der Waals surface area (Å²) in [5.41, 5.74) is 2.88. The molecule has 0 spiro atoms. The monoisotopic (exact) mass is 519 g/mol. The summed E-state index contributed by atoms with van der Waals surface area (Å²) in [7, 11) is -3.57. The van der Waals surface area contributed by atoms with E-state index in [1.165, 1.54) is 15.3 Å². The van der Waals surface area contributed by atoms with Crippen molar-refractivity contribution in [1.82, 2.24) is 10.2 Å². The number of amides is 2. The Morgan fingerprint density at radius 2 is 1.75 bits per heavy atom. The van der Waals surface area contributed by atoms with Gasteiger partial charge in [-0.3, -0.25) is 13.9 Å². The Kier molecular flexibility index (Phi) is 10.9. The first-order valence-corrected chi connectivity index (χ1v) is 14.2. The van der Waals surface area contributed by atoms with E-state index in [1.807, 2.05) is 32.9 Å². The van der Waals surface area contributed by atoms with Crippen LogP contribution in [0.15, 0.2) is 42.5 Å². The molecule has 2 aromatic carbocycles. The third kappa shape index (κ3) is 8.33. The van der Waals surface area contributed by atoms with Gasteiger partial charge in [0.1, 0.15) is 11.9 Å². The zero-order valence-corrected chi connectivity index (χ0v) is 22.7. The second-order valence-electron chi connectivity index (χ2n) is 9.14. The van der Waals surface area contributed by atoms with E-state index >= 15 is 0 Å². The van der Waals surface area contributed by atoms with Crippen molar-refractivity contribution in [2.24, 2.45) is 0 Å². The number of rotatable bonds is 13. The number of benzene rings is 2. The van der Waals surface area contributed by atoms with Gasteiger partial charge in [-0.15, -0.1) is 0 Å². The van der Waals surface area contributed by atoms with Crippen LogP contribution in [0.5, 0.6) is 0 Å². The number of hydrogen-bond acceptors (Lipinski definition) is 4. The van der Waals surface area contributed by atoms with Crippen LogP contribution in [0.1, 0.15) is 56.2 Å². The Morgan fingerprint density at radius 3 is 2.36 bits per heavy atom. The van der Waals surface area contributed by atoms with Crippen LogP contribution in [-0.2, 0) is 26.2 Å². The summed E-state index contributed by atoms with van der Waals surface area (Å²) in [6.07, 6.45) is 3.13. The molecule has 0 heterocycles.